The van der Waals surface area contributed by atoms with Gasteiger partial charge in [-0.05, 0) is 38.0 Å². The molecule has 0 aliphatic rings. The first kappa shape index (κ1) is 12.4. The van der Waals surface area contributed by atoms with Gasteiger partial charge in [0, 0.05) is 5.56 Å². The second-order valence-electron chi connectivity index (χ2n) is 4.29. The van der Waals surface area contributed by atoms with Gasteiger partial charge < -0.3 is 9.73 Å². The Morgan fingerprint density at radius 3 is 2.78 bits per heavy atom. The first-order valence-corrected chi connectivity index (χ1v) is 5.83. The molecule has 4 heteroatoms. The van der Waals surface area contributed by atoms with Crippen LogP contribution in [0.25, 0.3) is 0 Å². The second-order valence-corrected chi connectivity index (χ2v) is 4.29. The molecule has 0 aliphatic carbocycles. The highest BCUT2D eigenvalue weighted by Gasteiger charge is 2.10. The lowest BCUT2D eigenvalue weighted by molar-refractivity contribution is 0.0946. The minimum Gasteiger partial charge on any atom is -0.444 e. The Hall–Kier alpha value is -2.10. The van der Waals surface area contributed by atoms with E-state index >= 15 is 0 Å². The summed E-state index contributed by atoms with van der Waals surface area (Å²) in [5.74, 6) is 1.16. The van der Waals surface area contributed by atoms with Gasteiger partial charge in [-0.3, -0.25) is 4.79 Å². The van der Waals surface area contributed by atoms with Crippen LogP contribution in [0.3, 0.4) is 0 Å². The Balaban J connectivity index is 2.06. The number of nitrogens with zero attached hydrogens (tertiary/aromatic N) is 1. The van der Waals surface area contributed by atoms with Crippen LogP contribution in [0, 0.1) is 20.8 Å². The number of carbonyl (C=O) groups excluding carboxylic acids is 1. The lowest BCUT2D eigenvalue weighted by atomic mass is 10.0. The zero-order valence-electron chi connectivity index (χ0n) is 10.8. The molecule has 0 fully saturated rings. The first-order chi connectivity index (χ1) is 8.58. The predicted molar refractivity (Wildman–Crippen MR) is 68.3 cm³/mol. The van der Waals surface area contributed by atoms with Gasteiger partial charge in [0.15, 0.2) is 0 Å². The number of hydrogen-bond donors (Lipinski definition) is 1. The van der Waals surface area contributed by atoms with Crippen LogP contribution >= 0.6 is 0 Å². The van der Waals surface area contributed by atoms with Crippen molar-refractivity contribution in [3.8, 4) is 0 Å². The van der Waals surface area contributed by atoms with E-state index in [1.54, 1.807) is 6.20 Å². The van der Waals surface area contributed by atoms with Gasteiger partial charge in [0.25, 0.3) is 5.91 Å². The summed E-state index contributed by atoms with van der Waals surface area (Å²) >= 11 is 0. The summed E-state index contributed by atoms with van der Waals surface area (Å²) in [6, 6.07) is 5.69. The third-order valence-corrected chi connectivity index (χ3v) is 2.92. The van der Waals surface area contributed by atoms with Crippen LogP contribution in [0.4, 0.5) is 0 Å². The number of nitrogens with one attached hydrogen (secondary N) is 1. The van der Waals surface area contributed by atoms with Crippen LogP contribution in [0.15, 0.2) is 28.8 Å². The summed E-state index contributed by atoms with van der Waals surface area (Å²) in [7, 11) is 0. The van der Waals surface area contributed by atoms with Crippen molar-refractivity contribution >= 4 is 5.91 Å². The first-order valence-electron chi connectivity index (χ1n) is 5.83. The molecule has 1 heterocycles. The lowest BCUT2D eigenvalue weighted by Crippen LogP contribution is -2.23. The lowest BCUT2D eigenvalue weighted by Gasteiger charge is -2.08. The fourth-order valence-electron chi connectivity index (χ4n) is 1.73. The number of aryl methyl sites for hydroxylation is 2. The summed E-state index contributed by atoms with van der Waals surface area (Å²) in [6.45, 7) is 6.06. The molecule has 94 valence electrons. The van der Waals surface area contributed by atoms with Crippen LogP contribution in [0.2, 0.25) is 0 Å². The standard InChI is InChI=1S/C14H16N2O2/c1-9-5-4-6-12(11(9)3)14(17)16-8-13-15-7-10(2)18-13/h4-7H,8H2,1-3H3,(H,16,17). The largest absolute Gasteiger partial charge is 0.444 e. The van der Waals surface area contributed by atoms with Crippen molar-refractivity contribution < 1.29 is 9.21 Å². The average molecular weight is 244 g/mol. The summed E-state index contributed by atoms with van der Waals surface area (Å²) in [5, 5.41) is 2.80. The second kappa shape index (κ2) is 5.04. The molecular weight excluding hydrogens is 228 g/mol. The number of benzene rings is 1. The Bertz CT molecular complexity index is 573. The summed E-state index contributed by atoms with van der Waals surface area (Å²) < 4.78 is 5.30. The van der Waals surface area contributed by atoms with E-state index < -0.39 is 0 Å². The third kappa shape index (κ3) is 2.59. The van der Waals surface area contributed by atoms with E-state index in [-0.39, 0.29) is 5.91 Å². The molecule has 2 aromatic rings. The van der Waals surface area contributed by atoms with Gasteiger partial charge >= 0.3 is 0 Å². The van der Waals surface area contributed by atoms with Crippen molar-refractivity contribution in [1.29, 1.82) is 0 Å². The maximum Gasteiger partial charge on any atom is 0.251 e. The van der Waals surface area contributed by atoms with Crippen LogP contribution in [-0.4, -0.2) is 10.9 Å². The molecule has 0 atom stereocenters. The number of aromatic nitrogens is 1. The molecule has 1 aromatic heterocycles. The molecule has 0 bridgehead atoms. The molecular formula is C14H16N2O2. The molecule has 1 amide bonds. The van der Waals surface area contributed by atoms with Crippen LogP contribution in [-0.2, 0) is 6.54 Å². The molecule has 0 saturated carbocycles. The van der Waals surface area contributed by atoms with Crippen molar-refractivity contribution in [2.24, 2.45) is 0 Å². The van der Waals surface area contributed by atoms with Gasteiger partial charge in [0.1, 0.15) is 5.76 Å². The molecule has 18 heavy (non-hydrogen) atoms. The van der Waals surface area contributed by atoms with Gasteiger partial charge in [0.2, 0.25) is 5.89 Å². The van der Waals surface area contributed by atoms with E-state index in [1.807, 2.05) is 39.0 Å². The zero-order chi connectivity index (χ0) is 13.1. The van der Waals surface area contributed by atoms with E-state index in [0.29, 0.717) is 18.0 Å². The minimum atomic E-state index is -0.105. The molecule has 0 aliphatic heterocycles. The average Bonchev–Trinajstić information content (AvgIpc) is 2.76. The number of amides is 1. The molecule has 0 unspecified atom stereocenters. The van der Waals surface area contributed by atoms with Gasteiger partial charge in [-0.1, -0.05) is 12.1 Å². The van der Waals surface area contributed by atoms with Gasteiger partial charge in [-0.25, -0.2) is 4.98 Å². The topological polar surface area (TPSA) is 55.1 Å². The monoisotopic (exact) mass is 244 g/mol. The van der Waals surface area contributed by atoms with Crippen LogP contribution in [0.5, 0.6) is 0 Å². The molecule has 4 nitrogen and oxygen atoms in total. The minimum absolute atomic E-state index is 0.105. The SMILES string of the molecule is Cc1cnc(CNC(=O)c2cccc(C)c2C)o1. The van der Waals surface area contributed by atoms with E-state index in [9.17, 15) is 4.79 Å². The van der Waals surface area contributed by atoms with E-state index in [1.165, 1.54) is 0 Å². The summed E-state index contributed by atoms with van der Waals surface area (Å²) in [6.07, 6.45) is 1.64. The zero-order valence-corrected chi connectivity index (χ0v) is 10.8. The molecule has 1 N–H and O–H groups in total. The Labute approximate surface area is 106 Å². The highest BCUT2D eigenvalue weighted by molar-refractivity contribution is 5.95. The quantitative estimate of drug-likeness (QED) is 0.902. The third-order valence-electron chi connectivity index (χ3n) is 2.92. The van der Waals surface area contributed by atoms with Crippen molar-refractivity contribution in [3.63, 3.8) is 0 Å². The van der Waals surface area contributed by atoms with Crippen molar-refractivity contribution in [2.45, 2.75) is 27.3 Å². The van der Waals surface area contributed by atoms with Crippen LogP contribution < -0.4 is 5.32 Å². The normalized spacial score (nSPS) is 10.4. The highest BCUT2D eigenvalue weighted by Crippen LogP contribution is 2.12. The van der Waals surface area contributed by atoms with E-state index in [0.717, 1.165) is 16.9 Å². The fourth-order valence-corrected chi connectivity index (χ4v) is 1.73. The predicted octanol–water partition coefficient (Wildman–Crippen LogP) is 2.53. The number of carbonyl (C=O) groups is 1. The highest BCUT2D eigenvalue weighted by atomic mass is 16.4. The van der Waals surface area contributed by atoms with Gasteiger partial charge in [-0.2, -0.15) is 0 Å². The molecule has 0 spiro atoms. The maximum absolute atomic E-state index is 12.0. The molecule has 2 rings (SSSR count). The summed E-state index contributed by atoms with van der Waals surface area (Å²) in [4.78, 5) is 16.1. The van der Waals surface area contributed by atoms with Crippen LogP contribution in [0.1, 0.15) is 33.1 Å². The Kier molecular flexibility index (Phi) is 3.46. The summed E-state index contributed by atoms with van der Waals surface area (Å²) in [5.41, 5.74) is 2.80. The molecule has 0 radical (unpaired) electrons. The smallest absolute Gasteiger partial charge is 0.251 e. The Morgan fingerprint density at radius 1 is 1.33 bits per heavy atom. The fraction of sp³-hybridized carbons (Fsp3) is 0.286. The maximum atomic E-state index is 12.0. The molecule has 1 aromatic carbocycles. The number of oxazole rings is 1. The Morgan fingerprint density at radius 2 is 2.11 bits per heavy atom. The number of hydrogen-bond acceptors (Lipinski definition) is 3. The number of rotatable bonds is 3. The van der Waals surface area contributed by atoms with Gasteiger partial charge in [-0.15, -0.1) is 0 Å². The van der Waals surface area contributed by atoms with E-state index in [2.05, 4.69) is 10.3 Å². The van der Waals surface area contributed by atoms with Gasteiger partial charge in [0.05, 0.1) is 12.7 Å². The van der Waals surface area contributed by atoms with E-state index in [4.69, 9.17) is 4.42 Å². The van der Waals surface area contributed by atoms with Crippen molar-refractivity contribution in [1.82, 2.24) is 10.3 Å². The molecule has 0 saturated heterocycles. The van der Waals surface area contributed by atoms with Crippen molar-refractivity contribution in [3.05, 3.63) is 52.7 Å². The van der Waals surface area contributed by atoms with Crippen molar-refractivity contribution in [2.75, 3.05) is 0 Å².